The number of anilines is 2. The third-order valence-corrected chi connectivity index (χ3v) is 5.27. The summed E-state index contributed by atoms with van der Waals surface area (Å²) in [4.78, 5) is 25.6. The highest BCUT2D eigenvalue weighted by atomic mass is 35.5. The van der Waals surface area contributed by atoms with E-state index in [9.17, 15) is 9.59 Å². The Bertz CT molecular complexity index is 980. The molecule has 0 unspecified atom stereocenters. The Hall–Kier alpha value is -2.82. The summed E-state index contributed by atoms with van der Waals surface area (Å²) in [5, 5.41) is 6.76. The van der Waals surface area contributed by atoms with Crippen LogP contribution in [-0.4, -0.2) is 11.8 Å². The summed E-state index contributed by atoms with van der Waals surface area (Å²) < 4.78 is 0. The molecule has 2 amide bonds. The lowest BCUT2D eigenvalue weighted by molar-refractivity contribution is 0.0990. The predicted molar refractivity (Wildman–Crippen MR) is 115 cm³/mol. The maximum Gasteiger partial charge on any atom is 0.256 e. The molecule has 3 rings (SSSR count). The molecule has 28 heavy (non-hydrogen) atoms. The van der Waals surface area contributed by atoms with Crippen molar-refractivity contribution in [3.05, 3.63) is 93.0 Å². The van der Waals surface area contributed by atoms with Gasteiger partial charge in [-0.3, -0.25) is 9.59 Å². The molecule has 3 aromatic carbocycles. The number of halogens is 2. The van der Waals surface area contributed by atoms with Crippen LogP contribution in [0, 0.1) is 13.8 Å². The molecule has 0 aliphatic rings. The maximum atomic E-state index is 12.8. The van der Waals surface area contributed by atoms with E-state index in [1.54, 1.807) is 60.7 Å². The van der Waals surface area contributed by atoms with Crippen LogP contribution >= 0.6 is 23.2 Å². The van der Waals surface area contributed by atoms with E-state index < -0.39 is 0 Å². The summed E-state index contributed by atoms with van der Waals surface area (Å²) in [6, 6.07) is 17.2. The fraction of sp³-hybridized carbons (Fsp3) is 0.0909. The van der Waals surface area contributed by atoms with Gasteiger partial charge < -0.3 is 10.6 Å². The number of carbonyl (C=O) groups is 2. The number of hydrogen-bond acceptors (Lipinski definition) is 2. The molecule has 0 aromatic heterocycles. The van der Waals surface area contributed by atoms with E-state index in [1.165, 1.54) is 0 Å². The lowest BCUT2D eigenvalue weighted by Gasteiger charge is -2.13. The number of amides is 2. The lowest BCUT2D eigenvalue weighted by Crippen LogP contribution is -2.20. The number of nitrogens with one attached hydrogen (secondary N) is 2. The molecule has 0 heterocycles. The average Bonchev–Trinajstić information content (AvgIpc) is 2.69. The quantitative estimate of drug-likeness (QED) is 0.542. The predicted octanol–water partition coefficient (Wildman–Crippen LogP) is 6.11. The van der Waals surface area contributed by atoms with Gasteiger partial charge in [-0.25, -0.2) is 0 Å². The van der Waals surface area contributed by atoms with Crippen molar-refractivity contribution < 1.29 is 9.59 Å². The highest BCUT2D eigenvalue weighted by Crippen LogP contribution is 2.25. The molecule has 3 aromatic rings. The minimum atomic E-state index is -0.390. The number of rotatable bonds is 4. The Morgan fingerprint density at radius 3 is 1.43 bits per heavy atom. The SMILES string of the molecule is Cc1c(Cl)cccc1NC(=O)c1ccccc1C(=O)Nc1cccc(Cl)c1C. The van der Waals surface area contributed by atoms with Gasteiger partial charge in [0.15, 0.2) is 0 Å². The van der Waals surface area contributed by atoms with E-state index >= 15 is 0 Å². The highest BCUT2D eigenvalue weighted by Gasteiger charge is 2.18. The molecule has 0 spiro atoms. The van der Waals surface area contributed by atoms with Crippen molar-refractivity contribution in [1.29, 1.82) is 0 Å². The first-order valence-corrected chi connectivity index (χ1v) is 9.36. The normalized spacial score (nSPS) is 10.4. The fourth-order valence-electron chi connectivity index (χ4n) is 2.74. The zero-order valence-electron chi connectivity index (χ0n) is 15.3. The van der Waals surface area contributed by atoms with Crippen LogP contribution < -0.4 is 10.6 Å². The summed E-state index contributed by atoms with van der Waals surface area (Å²) in [6.45, 7) is 3.64. The van der Waals surface area contributed by atoms with Crippen molar-refractivity contribution in [2.24, 2.45) is 0 Å². The van der Waals surface area contributed by atoms with Crippen molar-refractivity contribution >= 4 is 46.4 Å². The monoisotopic (exact) mass is 412 g/mol. The fourth-order valence-corrected chi connectivity index (χ4v) is 3.09. The summed E-state index contributed by atoms with van der Waals surface area (Å²) in [6.07, 6.45) is 0. The van der Waals surface area contributed by atoms with Crippen molar-refractivity contribution in [2.45, 2.75) is 13.8 Å². The summed E-state index contributed by atoms with van der Waals surface area (Å²) in [7, 11) is 0. The number of hydrogen-bond donors (Lipinski definition) is 2. The Balaban J connectivity index is 1.88. The topological polar surface area (TPSA) is 58.2 Å². The molecule has 0 aliphatic carbocycles. The summed E-state index contributed by atoms with van der Waals surface area (Å²) >= 11 is 12.2. The zero-order valence-corrected chi connectivity index (χ0v) is 16.9. The molecule has 0 atom stereocenters. The maximum absolute atomic E-state index is 12.8. The van der Waals surface area contributed by atoms with Gasteiger partial charge in [0.2, 0.25) is 0 Å². The van der Waals surface area contributed by atoms with Crippen LogP contribution in [0.5, 0.6) is 0 Å². The summed E-state index contributed by atoms with van der Waals surface area (Å²) in [5.74, 6) is -0.780. The van der Waals surface area contributed by atoms with Crippen LogP contribution in [-0.2, 0) is 0 Å². The first-order chi connectivity index (χ1) is 13.4. The molecule has 0 radical (unpaired) electrons. The van der Waals surface area contributed by atoms with Crippen molar-refractivity contribution in [3.63, 3.8) is 0 Å². The highest BCUT2D eigenvalue weighted by molar-refractivity contribution is 6.32. The van der Waals surface area contributed by atoms with E-state index in [0.717, 1.165) is 11.1 Å². The molecule has 142 valence electrons. The van der Waals surface area contributed by atoms with E-state index in [2.05, 4.69) is 10.6 Å². The van der Waals surface area contributed by atoms with Crippen LogP contribution in [0.1, 0.15) is 31.8 Å². The van der Waals surface area contributed by atoms with Crippen LogP contribution in [0.2, 0.25) is 10.0 Å². The standard InChI is InChI=1S/C22H18Cl2N2O2/c1-13-17(23)9-5-11-19(13)25-21(27)15-7-3-4-8-16(15)22(28)26-20-12-6-10-18(24)14(20)2/h3-12H,1-2H3,(H,25,27)(H,26,28). The van der Waals surface area contributed by atoms with Gasteiger partial charge in [-0.2, -0.15) is 0 Å². The molecule has 4 nitrogen and oxygen atoms in total. The van der Waals surface area contributed by atoms with E-state index in [1.807, 2.05) is 13.8 Å². The van der Waals surface area contributed by atoms with Gasteiger partial charge in [-0.05, 0) is 61.4 Å². The molecule has 0 bridgehead atoms. The van der Waals surface area contributed by atoms with Crippen molar-refractivity contribution in [3.8, 4) is 0 Å². The van der Waals surface area contributed by atoms with E-state index in [4.69, 9.17) is 23.2 Å². The van der Waals surface area contributed by atoms with Gasteiger partial charge >= 0.3 is 0 Å². The molecule has 0 saturated heterocycles. The minimum absolute atomic E-state index is 0.263. The second kappa shape index (κ2) is 8.46. The van der Waals surface area contributed by atoms with Crippen LogP contribution in [0.15, 0.2) is 60.7 Å². The van der Waals surface area contributed by atoms with Gasteiger partial charge in [0, 0.05) is 21.4 Å². The van der Waals surface area contributed by atoms with Crippen LogP contribution in [0.3, 0.4) is 0 Å². The number of carbonyl (C=O) groups excluding carboxylic acids is 2. The van der Waals surface area contributed by atoms with Gasteiger partial charge in [0.25, 0.3) is 11.8 Å². The van der Waals surface area contributed by atoms with Crippen molar-refractivity contribution in [2.75, 3.05) is 10.6 Å². The minimum Gasteiger partial charge on any atom is -0.322 e. The van der Waals surface area contributed by atoms with E-state index in [-0.39, 0.29) is 22.9 Å². The first-order valence-electron chi connectivity index (χ1n) is 8.60. The van der Waals surface area contributed by atoms with E-state index in [0.29, 0.717) is 21.4 Å². The zero-order chi connectivity index (χ0) is 20.3. The Morgan fingerprint density at radius 2 is 1.04 bits per heavy atom. The Labute approximate surface area is 173 Å². The lowest BCUT2D eigenvalue weighted by atomic mass is 10.0. The Kier molecular flexibility index (Phi) is 6.02. The first kappa shape index (κ1) is 19.9. The van der Waals surface area contributed by atoms with Gasteiger partial charge in [-0.1, -0.05) is 47.5 Å². The average molecular weight is 413 g/mol. The third-order valence-electron chi connectivity index (χ3n) is 4.45. The Morgan fingerprint density at radius 1 is 0.643 bits per heavy atom. The number of benzene rings is 3. The van der Waals surface area contributed by atoms with Gasteiger partial charge in [-0.15, -0.1) is 0 Å². The molecule has 2 N–H and O–H groups in total. The largest absolute Gasteiger partial charge is 0.322 e. The second-order valence-electron chi connectivity index (χ2n) is 6.28. The molecular weight excluding hydrogens is 395 g/mol. The van der Waals surface area contributed by atoms with Crippen LogP contribution in [0.4, 0.5) is 11.4 Å². The molecule has 0 fully saturated rings. The molecular formula is C22H18Cl2N2O2. The third kappa shape index (κ3) is 4.19. The molecule has 0 saturated carbocycles. The van der Waals surface area contributed by atoms with Crippen molar-refractivity contribution in [1.82, 2.24) is 0 Å². The van der Waals surface area contributed by atoms with Crippen LogP contribution in [0.25, 0.3) is 0 Å². The molecule has 6 heteroatoms. The second-order valence-corrected chi connectivity index (χ2v) is 7.09. The summed E-state index contributed by atoms with van der Waals surface area (Å²) in [5.41, 5.74) is 3.23. The van der Waals surface area contributed by atoms with Gasteiger partial charge in [0.1, 0.15) is 0 Å². The van der Waals surface area contributed by atoms with Gasteiger partial charge in [0.05, 0.1) is 11.1 Å². The smallest absolute Gasteiger partial charge is 0.256 e. The molecule has 0 aliphatic heterocycles.